The minimum absolute atomic E-state index is 0.00681. The Hall–Kier alpha value is -1.43. The van der Waals surface area contributed by atoms with Crippen molar-refractivity contribution in [3.8, 4) is 0 Å². The van der Waals surface area contributed by atoms with Crippen LogP contribution >= 0.6 is 0 Å². The first-order valence-electron chi connectivity index (χ1n) is 7.50. The number of carbonyl (C=O) groups excluding carboxylic acids is 3. The summed E-state index contributed by atoms with van der Waals surface area (Å²) in [6.45, 7) is 1.04. The van der Waals surface area contributed by atoms with Crippen LogP contribution in [0.2, 0.25) is 0 Å². The normalized spacial score (nSPS) is 40.2. The van der Waals surface area contributed by atoms with Crippen LogP contribution in [0.15, 0.2) is 0 Å². The molecule has 0 aromatic rings. The van der Waals surface area contributed by atoms with Gasteiger partial charge in [0.2, 0.25) is 17.7 Å². The first kappa shape index (κ1) is 12.3. The molecular weight excluding hydrogens is 258 g/mol. The smallest absolute Gasteiger partial charge is 0.249 e. The summed E-state index contributed by atoms with van der Waals surface area (Å²) in [4.78, 5) is 37.9. The summed E-state index contributed by atoms with van der Waals surface area (Å²) in [6, 6.07) is 0.0327. The van der Waals surface area contributed by atoms with Gasteiger partial charge in [0, 0.05) is 19.0 Å². The molecule has 0 spiro atoms. The third kappa shape index (κ3) is 1.70. The number of hydrogen-bond acceptors (Lipinski definition) is 4. The van der Waals surface area contributed by atoms with Gasteiger partial charge in [-0.25, -0.2) is 0 Å². The van der Waals surface area contributed by atoms with Gasteiger partial charge in [-0.05, 0) is 38.0 Å². The molecule has 0 aromatic carbocycles. The van der Waals surface area contributed by atoms with Crippen molar-refractivity contribution < 1.29 is 14.4 Å². The number of rotatable bonds is 3. The molecule has 20 heavy (non-hydrogen) atoms. The van der Waals surface area contributed by atoms with Gasteiger partial charge in [0.25, 0.3) is 0 Å². The molecule has 1 atom stereocenters. The monoisotopic (exact) mass is 277 g/mol. The van der Waals surface area contributed by atoms with E-state index in [-0.39, 0.29) is 23.3 Å². The lowest BCUT2D eigenvalue weighted by Gasteiger charge is -2.41. The highest BCUT2D eigenvalue weighted by Crippen LogP contribution is 2.54. The summed E-state index contributed by atoms with van der Waals surface area (Å²) in [5.41, 5.74) is -0.354. The first-order valence-corrected chi connectivity index (χ1v) is 7.50. The second-order valence-electron chi connectivity index (χ2n) is 6.67. The molecule has 108 valence electrons. The van der Waals surface area contributed by atoms with E-state index in [4.69, 9.17) is 0 Å². The molecule has 3 aliphatic heterocycles. The Bertz CT molecular complexity index is 494. The lowest BCUT2D eigenvalue weighted by atomic mass is 9.72. The van der Waals surface area contributed by atoms with Crippen LogP contribution in [0.5, 0.6) is 0 Å². The second kappa shape index (κ2) is 4.04. The summed E-state index contributed by atoms with van der Waals surface area (Å²) in [5, 5.41) is 5.17. The minimum Gasteiger partial charge on any atom is -0.343 e. The van der Waals surface area contributed by atoms with Crippen molar-refractivity contribution in [1.82, 2.24) is 15.5 Å². The van der Waals surface area contributed by atoms with E-state index in [1.54, 1.807) is 0 Å². The zero-order valence-corrected chi connectivity index (χ0v) is 11.4. The number of carbonyl (C=O) groups is 3. The minimum atomic E-state index is -0.546. The molecule has 0 radical (unpaired) electrons. The van der Waals surface area contributed by atoms with E-state index < -0.39 is 6.04 Å². The molecule has 0 aromatic heterocycles. The van der Waals surface area contributed by atoms with Gasteiger partial charge >= 0.3 is 0 Å². The fourth-order valence-corrected chi connectivity index (χ4v) is 4.04. The summed E-state index contributed by atoms with van der Waals surface area (Å²) < 4.78 is 0. The van der Waals surface area contributed by atoms with Crippen molar-refractivity contribution in [2.45, 2.75) is 56.1 Å². The van der Waals surface area contributed by atoms with E-state index in [0.717, 1.165) is 19.4 Å². The summed E-state index contributed by atoms with van der Waals surface area (Å²) in [7, 11) is 0. The average Bonchev–Trinajstić information content (AvgIpc) is 3.04. The van der Waals surface area contributed by atoms with Gasteiger partial charge in [0.15, 0.2) is 0 Å². The van der Waals surface area contributed by atoms with Crippen molar-refractivity contribution in [3.63, 3.8) is 0 Å². The highest BCUT2D eigenvalue weighted by atomic mass is 16.2. The van der Waals surface area contributed by atoms with Gasteiger partial charge in [-0.15, -0.1) is 0 Å². The second-order valence-corrected chi connectivity index (χ2v) is 6.67. The van der Waals surface area contributed by atoms with Gasteiger partial charge < -0.3 is 5.32 Å². The van der Waals surface area contributed by atoms with E-state index in [1.165, 1.54) is 12.8 Å². The molecule has 1 unspecified atom stereocenters. The SMILES string of the molecule is O=C1CCC(NC(=O)C23CC(CN2C2CC2)C3)C(=O)N1. The van der Waals surface area contributed by atoms with Crippen LogP contribution < -0.4 is 10.6 Å². The molecule has 2 bridgehead atoms. The zero-order chi connectivity index (χ0) is 13.9. The van der Waals surface area contributed by atoms with Crippen LogP contribution in [0, 0.1) is 5.92 Å². The van der Waals surface area contributed by atoms with E-state index >= 15 is 0 Å². The molecule has 2 N–H and O–H groups in total. The molecular formula is C14H19N3O3. The topological polar surface area (TPSA) is 78.5 Å². The van der Waals surface area contributed by atoms with E-state index in [0.29, 0.717) is 24.8 Å². The van der Waals surface area contributed by atoms with E-state index in [9.17, 15) is 14.4 Å². The average molecular weight is 277 g/mol. The van der Waals surface area contributed by atoms with Crippen LogP contribution in [0.4, 0.5) is 0 Å². The molecule has 5 rings (SSSR count). The standard InChI is InChI=1S/C14H19N3O3/c18-11-4-3-10(12(19)16-11)15-13(20)14-5-8(6-14)7-17(14)9-1-2-9/h8-10H,1-7H2,(H,15,20)(H,16,18,19). The first-order chi connectivity index (χ1) is 9.58. The fraction of sp³-hybridized carbons (Fsp3) is 0.786. The number of hydrogen-bond donors (Lipinski definition) is 2. The Morgan fingerprint density at radius 1 is 1.25 bits per heavy atom. The number of fused-ring (bicyclic) bond motifs is 1. The summed E-state index contributed by atoms with van der Waals surface area (Å²) in [5.74, 6) is 0.0384. The maximum atomic E-state index is 12.6. The quantitative estimate of drug-likeness (QED) is 0.684. The summed E-state index contributed by atoms with van der Waals surface area (Å²) in [6.07, 6.45) is 4.98. The van der Waals surface area contributed by atoms with Crippen molar-refractivity contribution in [3.05, 3.63) is 0 Å². The predicted molar refractivity (Wildman–Crippen MR) is 69.5 cm³/mol. The lowest BCUT2D eigenvalue weighted by molar-refractivity contribution is -0.142. The molecule has 5 aliphatic rings. The van der Waals surface area contributed by atoms with Gasteiger partial charge in [-0.1, -0.05) is 0 Å². The number of nitrogens with zero attached hydrogens (tertiary/aromatic N) is 1. The van der Waals surface area contributed by atoms with Crippen LogP contribution in [-0.4, -0.2) is 46.8 Å². The van der Waals surface area contributed by atoms with Crippen molar-refractivity contribution in [2.75, 3.05) is 6.54 Å². The molecule has 3 heterocycles. The van der Waals surface area contributed by atoms with Crippen LogP contribution in [-0.2, 0) is 14.4 Å². The highest BCUT2D eigenvalue weighted by Gasteiger charge is 2.63. The molecule has 5 fully saturated rings. The Balaban J connectivity index is 1.45. The van der Waals surface area contributed by atoms with Gasteiger partial charge in [0.1, 0.15) is 11.6 Å². The molecule has 6 nitrogen and oxygen atoms in total. The molecule has 3 amide bonds. The van der Waals surface area contributed by atoms with Crippen LogP contribution in [0.3, 0.4) is 0 Å². The molecule has 6 heteroatoms. The van der Waals surface area contributed by atoms with E-state index in [2.05, 4.69) is 15.5 Å². The molecule has 3 saturated heterocycles. The maximum Gasteiger partial charge on any atom is 0.249 e. The predicted octanol–water partition coefficient (Wildman–Crippen LogP) is -0.465. The number of nitrogens with one attached hydrogen (secondary N) is 2. The Morgan fingerprint density at radius 2 is 2.00 bits per heavy atom. The maximum absolute atomic E-state index is 12.6. The number of imide groups is 1. The third-order valence-electron chi connectivity index (χ3n) is 5.21. The van der Waals surface area contributed by atoms with E-state index in [1.807, 2.05) is 0 Å². The van der Waals surface area contributed by atoms with Gasteiger partial charge in [0.05, 0.1) is 0 Å². The lowest BCUT2D eigenvalue weighted by Crippen LogP contribution is -2.62. The van der Waals surface area contributed by atoms with Crippen molar-refractivity contribution >= 4 is 17.7 Å². The van der Waals surface area contributed by atoms with Gasteiger partial charge in [-0.3, -0.25) is 24.6 Å². The summed E-state index contributed by atoms with van der Waals surface area (Å²) >= 11 is 0. The molecule has 2 aliphatic carbocycles. The Kier molecular flexibility index (Phi) is 2.49. The van der Waals surface area contributed by atoms with Crippen molar-refractivity contribution in [1.29, 1.82) is 0 Å². The van der Waals surface area contributed by atoms with Gasteiger partial charge in [-0.2, -0.15) is 0 Å². The third-order valence-corrected chi connectivity index (χ3v) is 5.21. The van der Waals surface area contributed by atoms with Crippen LogP contribution in [0.25, 0.3) is 0 Å². The van der Waals surface area contributed by atoms with Crippen molar-refractivity contribution in [2.24, 2.45) is 5.92 Å². The highest BCUT2D eigenvalue weighted by molar-refractivity contribution is 6.02. The largest absolute Gasteiger partial charge is 0.343 e. The number of amides is 3. The fourth-order valence-electron chi connectivity index (χ4n) is 4.04. The zero-order valence-electron chi connectivity index (χ0n) is 11.4. The Morgan fingerprint density at radius 3 is 2.65 bits per heavy atom. The Labute approximate surface area is 117 Å². The van der Waals surface area contributed by atoms with Crippen LogP contribution in [0.1, 0.15) is 38.5 Å². The molecule has 2 saturated carbocycles. The number of piperidine rings is 1.